The Morgan fingerprint density at radius 1 is 1.15 bits per heavy atom. The van der Waals surface area contributed by atoms with Gasteiger partial charge in [0.15, 0.2) is 0 Å². The highest BCUT2D eigenvalue weighted by Gasteiger charge is 2.40. The monoisotopic (exact) mass is 386 g/mol. The Balaban J connectivity index is 2.13. The molecular weight excluding hydrogens is 360 g/mol. The second-order valence-electron chi connectivity index (χ2n) is 7.37. The number of carbonyl (C=O) groups excluding carboxylic acids is 1. The lowest BCUT2D eigenvalue weighted by Gasteiger charge is -2.27. The topological polar surface area (TPSA) is 42.4 Å². The minimum absolute atomic E-state index is 0.125. The number of benzene rings is 1. The molecule has 0 fully saturated rings. The van der Waals surface area contributed by atoms with Gasteiger partial charge in [-0.25, -0.2) is 4.98 Å². The Hall–Kier alpha value is -2.07. The summed E-state index contributed by atoms with van der Waals surface area (Å²) in [6, 6.07) is 5.95. The molecule has 1 aromatic carbocycles. The van der Waals surface area contributed by atoms with Crippen molar-refractivity contribution in [1.82, 2.24) is 4.98 Å². The van der Waals surface area contributed by atoms with Gasteiger partial charge in [0.2, 0.25) is 11.8 Å². The van der Waals surface area contributed by atoms with Gasteiger partial charge in [-0.1, -0.05) is 25.4 Å². The van der Waals surface area contributed by atoms with E-state index in [1.165, 1.54) is 0 Å². The number of hydrogen-bond acceptors (Lipinski definition) is 3. The maximum Gasteiger partial charge on any atom is 0.234 e. The van der Waals surface area contributed by atoms with E-state index >= 15 is 0 Å². The molecule has 144 valence electrons. The maximum atomic E-state index is 13.0. The van der Waals surface area contributed by atoms with Gasteiger partial charge in [-0.3, -0.25) is 4.79 Å². The summed E-state index contributed by atoms with van der Waals surface area (Å²) < 4.78 is 6.28. The molecule has 1 unspecified atom stereocenters. The first-order valence-corrected chi connectivity index (χ1v) is 9.95. The van der Waals surface area contributed by atoms with E-state index in [2.05, 4.69) is 18.8 Å². The summed E-state index contributed by atoms with van der Waals surface area (Å²) >= 11 is 6.15. The minimum Gasteiger partial charge on any atom is -0.438 e. The number of rotatable bonds is 5. The number of anilines is 1. The lowest BCUT2D eigenvalue weighted by atomic mass is 10.0. The normalized spacial score (nSPS) is 16.2. The number of hydrogen-bond donors (Lipinski definition) is 0. The molecule has 3 rings (SSSR count). The average Bonchev–Trinajstić information content (AvgIpc) is 2.84. The molecule has 1 aliphatic heterocycles. The summed E-state index contributed by atoms with van der Waals surface area (Å²) in [5, 5.41) is 0.684. The van der Waals surface area contributed by atoms with Crippen molar-refractivity contribution < 1.29 is 9.53 Å². The standard InChI is InChI=1S/C22H27ClN2O2/c1-7-17(8-2)25-18-11-14(5)24-21(19(18)15(6)22(25)26)27-20-12(3)9-16(23)10-13(20)4/h9-11,15,17H,7-8H2,1-6H3. The predicted octanol–water partition coefficient (Wildman–Crippen LogP) is 6.09. The number of fused-ring (bicyclic) bond motifs is 1. The molecule has 4 nitrogen and oxygen atoms in total. The van der Waals surface area contributed by atoms with E-state index < -0.39 is 0 Å². The molecule has 5 heteroatoms. The first-order chi connectivity index (χ1) is 12.8. The van der Waals surface area contributed by atoms with Crippen LogP contribution >= 0.6 is 11.6 Å². The molecule has 0 bridgehead atoms. The van der Waals surface area contributed by atoms with Crippen LogP contribution in [0, 0.1) is 20.8 Å². The summed E-state index contributed by atoms with van der Waals surface area (Å²) in [5.41, 5.74) is 4.56. The lowest BCUT2D eigenvalue weighted by Crippen LogP contribution is -2.37. The van der Waals surface area contributed by atoms with Crippen molar-refractivity contribution in [3.05, 3.63) is 45.6 Å². The fourth-order valence-corrected chi connectivity index (χ4v) is 4.29. The number of aryl methyl sites for hydroxylation is 3. The fraction of sp³-hybridized carbons (Fsp3) is 0.455. The van der Waals surface area contributed by atoms with Crippen LogP contribution in [0.1, 0.15) is 61.9 Å². The van der Waals surface area contributed by atoms with Gasteiger partial charge >= 0.3 is 0 Å². The molecule has 2 heterocycles. The van der Waals surface area contributed by atoms with Crippen molar-refractivity contribution in [3.63, 3.8) is 0 Å². The summed E-state index contributed by atoms with van der Waals surface area (Å²) in [5.74, 6) is 1.13. The summed E-state index contributed by atoms with van der Waals surface area (Å²) in [4.78, 5) is 19.6. The Labute approximate surface area is 166 Å². The van der Waals surface area contributed by atoms with Crippen molar-refractivity contribution in [1.29, 1.82) is 0 Å². The van der Waals surface area contributed by atoms with E-state index in [1.807, 2.05) is 50.8 Å². The van der Waals surface area contributed by atoms with Crippen molar-refractivity contribution in [2.24, 2.45) is 0 Å². The molecule has 2 aromatic rings. The highest BCUT2D eigenvalue weighted by Crippen LogP contribution is 2.46. The van der Waals surface area contributed by atoms with Crippen LogP contribution in [0.15, 0.2) is 18.2 Å². The van der Waals surface area contributed by atoms with E-state index in [-0.39, 0.29) is 17.9 Å². The van der Waals surface area contributed by atoms with Gasteiger partial charge in [0.05, 0.1) is 17.2 Å². The zero-order valence-electron chi connectivity index (χ0n) is 16.9. The Morgan fingerprint density at radius 2 is 1.74 bits per heavy atom. The molecule has 0 N–H and O–H groups in total. The summed E-state index contributed by atoms with van der Waals surface area (Å²) in [6.07, 6.45) is 1.84. The van der Waals surface area contributed by atoms with Gasteiger partial charge in [0, 0.05) is 16.8 Å². The first kappa shape index (κ1) is 19.7. The van der Waals surface area contributed by atoms with Gasteiger partial charge in [-0.05, 0) is 69.9 Å². The van der Waals surface area contributed by atoms with E-state index in [0.29, 0.717) is 10.9 Å². The quantitative estimate of drug-likeness (QED) is 0.624. The molecule has 0 saturated heterocycles. The third-order valence-corrected chi connectivity index (χ3v) is 5.58. The van der Waals surface area contributed by atoms with Crippen LogP contribution in [0.5, 0.6) is 11.6 Å². The average molecular weight is 387 g/mol. The van der Waals surface area contributed by atoms with Gasteiger partial charge in [-0.2, -0.15) is 0 Å². The van der Waals surface area contributed by atoms with Crippen LogP contribution in [0.3, 0.4) is 0 Å². The molecule has 27 heavy (non-hydrogen) atoms. The number of amides is 1. The molecule has 0 spiro atoms. The SMILES string of the molecule is CCC(CC)N1C(=O)C(C)c2c1cc(C)nc2Oc1c(C)cc(Cl)cc1C. The second-order valence-corrected chi connectivity index (χ2v) is 7.81. The van der Waals surface area contributed by atoms with Gasteiger partial charge in [0.25, 0.3) is 0 Å². The van der Waals surface area contributed by atoms with Gasteiger partial charge in [0.1, 0.15) is 5.75 Å². The predicted molar refractivity (Wildman–Crippen MR) is 110 cm³/mol. The first-order valence-electron chi connectivity index (χ1n) is 9.57. The van der Waals surface area contributed by atoms with Gasteiger partial charge < -0.3 is 9.64 Å². The number of nitrogens with zero attached hydrogens (tertiary/aromatic N) is 2. The minimum atomic E-state index is -0.267. The highest BCUT2D eigenvalue weighted by molar-refractivity contribution is 6.30. The van der Waals surface area contributed by atoms with Crippen molar-refractivity contribution in [2.75, 3.05) is 4.90 Å². The highest BCUT2D eigenvalue weighted by atomic mass is 35.5. The van der Waals surface area contributed by atoms with E-state index in [9.17, 15) is 4.79 Å². The molecule has 1 amide bonds. The number of ether oxygens (including phenoxy) is 1. The van der Waals surface area contributed by atoms with E-state index in [4.69, 9.17) is 16.3 Å². The molecule has 0 aliphatic carbocycles. The molecule has 0 saturated carbocycles. The second kappa shape index (κ2) is 7.51. The van der Waals surface area contributed by atoms with Crippen molar-refractivity contribution >= 4 is 23.2 Å². The molecule has 1 atom stereocenters. The Kier molecular flexibility index (Phi) is 5.48. The Bertz CT molecular complexity index is 867. The van der Waals surface area contributed by atoms with Crippen molar-refractivity contribution in [3.8, 4) is 11.6 Å². The van der Waals surface area contributed by atoms with Crippen LogP contribution in [-0.2, 0) is 4.79 Å². The largest absolute Gasteiger partial charge is 0.438 e. The molecule has 1 aliphatic rings. The third kappa shape index (κ3) is 3.43. The van der Waals surface area contributed by atoms with Gasteiger partial charge in [-0.15, -0.1) is 0 Å². The van der Waals surface area contributed by atoms with Crippen LogP contribution < -0.4 is 9.64 Å². The summed E-state index contributed by atoms with van der Waals surface area (Å²) in [6.45, 7) is 12.1. The molecular formula is C22H27ClN2O2. The van der Waals surface area contributed by atoms with E-state index in [1.54, 1.807) is 0 Å². The zero-order chi connectivity index (χ0) is 19.9. The third-order valence-electron chi connectivity index (χ3n) is 5.36. The Morgan fingerprint density at radius 3 is 2.30 bits per heavy atom. The number of aromatic nitrogens is 1. The van der Waals surface area contributed by atoms with Crippen LogP contribution in [-0.4, -0.2) is 16.9 Å². The zero-order valence-corrected chi connectivity index (χ0v) is 17.6. The maximum absolute atomic E-state index is 13.0. The van der Waals surface area contributed by atoms with Crippen LogP contribution in [0.4, 0.5) is 5.69 Å². The molecule has 0 radical (unpaired) electrons. The molecule has 1 aromatic heterocycles. The lowest BCUT2D eigenvalue weighted by molar-refractivity contribution is -0.119. The van der Waals surface area contributed by atoms with E-state index in [0.717, 1.165) is 46.7 Å². The number of carbonyl (C=O) groups is 1. The van der Waals surface area contributed by atoms with Crippen LogP contribution in [0.2, 0.25) is 5.02 Å². The van der Waals surface area contributed by atoms with Crippen LogP contribution in [0.25, 0.3) is 0 Å². The fourth-order valence-electron chi connectivity index (χ4n) is 3.96. The number of halogens is 1. The summed E-state index contributed by atoms with van der Waals surface area (Å²) in [7, 11) is 0. The van der Waals surface area contributed by atoms with Crippen molar-refractivity contribution in [2.45, 2.75) is 66.3 Å². The smallest absolute Gasteiger partial charge is 0.234 e. The number of pyridine rings is 1.